The third kappa shape index (κ3) is 5.27. The largest absolute Gasteiger partial charge is 0.378 e. The van der Waals surface area contributed by atoms with Crippen LogP contribution in [0.2, 0.25) is 0 Å². The number of morpholine rings is 1. The molecule has 0 unspecified atom stereocenters. The second kappa shape index (κ2) is 9.44. The summed E-state index contributed by atoms with van der Waals surface area (Å²) < 4.78 is 5.88. The highest BCUT2D eigenvalue weighted by atomic mass is 79.9. The molecular formula is C20H18BrN3O5. The monoisotopic (exact) mass is 459 g/mol. The van der Waals surface area contributed by atoms with Crippen molar-refractivity contribution in [2.75, 3.05) is 26.3 Å². The summed E-state index contributed by atoms with van der Waals surface area (Å²) in [6, 6.07) is 12.6. The number of nitro benzene ring substituents is 1. The molecule has 0 saturated carbocycles. The molecular weight excluding hydrogens is 442 g/mol. The first-order chi connectivity index (χ1) is 14.0. The highest BCUT2D eigenvalue weighted by molar-refractivity contribution is 9.10. The van der Waals surface area contributed by atoms with Crippen LogP contribution in [-0.2, 0) is 9.53 Å². The van der Waals surface area contributed by atoms with Crippen molar-refractivity contribution >= 4 is 39.5 Å². The van der Waals surface area contributed by atoms with E-state index in [9.17, 15) is 19.7 Å². The van der Waals surface area contributed by atoms with Gasteiger partial charge in [-0.3, -0.25) is 19.7 Å². The van der Waals surface area contributed by atoms with Crippen molar-refractivity contribution in [1.29, 1.82) is 0 Å². The summed E-state index contributed by atoms with van der Waals surface area (Å²) in [5, 5.41) is 13.5. The Morgan fingerprint density at radius 1 is 1.10 bits per heavy atom. The molecule has 0 aliphatic carbocycles. The van der Waals surface area contributed by atoms with Crippen molar-refractivity contribution in [3.8, 4) is 0 Å². The van der Waals surface area contributed by atoms with Crippen LogP contribution in [0.5, 0.6) is 0 Å². The van der Waals surface area contributed by atoms with E-state index in [1.54, 1.807) is 29.2 Å². The molecule has 1 aliphatic heterocycles. The molecule has 2 aromatic rings. The van der Waals surface area contributed by atoms with E-state index in [1.807, 2.05) is 0 Å². The van der Waals surface area contributed by atoms with Gasteiger partial charge in [0.15, 0.2) is 0 Å². The summed E-state index contributed by atoms with van der Waals surface area (Å²) in [4.78, 5) is 37.7. The van der Waals surface area contributed by atoms with Crippen molar-refractivity contribution in [3.05, 3.63) is 79.9 Å². The number of amides is 2. The van der Waals surface area contributed by atoms with Crippen LogP contribution in [0, 0.1) is 10.1 Å². The molecule has 29 heavy (non-hydrogen) atoms. The fourth-order valence-electron chi connectivity index (χ4n) is 2.78. The maximum Gasteiger partial charge on any atom is 0.270 e. The van der Waals surface area contributed by atoms with Gasteiger partial charge in [-0.05, 0) is 51.8 Å². The Balaban J connectivity index is 1.90. The van der Waals surface area contributed by atoms with Gasteiger partial charge in [-0.25, -0.2) is 0 Å². The number of nitro groups is 1. The normalized spacial score (nSPS) is 14.4. The summed E-state index contributed by atoms with van der Waals surface area (Å²) in [6.45, 7) is 1.69. The number of benzene rings is 2. The van der Waals surface area contributed by atoms with Gasteiger partial charge in [0.05, 0.1) is 23.7 Å². The average Bonchev–Trinajstić information content (AvgIpc) is 2.74. The van der Waals surface area contributed by atoms with Gasteiger partial charge in [-0.2, -0.15) is 0 Å². The lowest BCUT2D eigenvalue weighted by molar-refractivity contribution is -0.384. The van der Waals surface area contributed by atoms with Gasteiger partial charge in [0.25, 0.3) is 17.5 Å². The van der Waals surface area contributed by atoms with Gasteiger partial charge >= 0.3 is 0 Å². The number of rotatable bonds is 5. The predicted octanol–water partition coefficient (Wildman–Crippen LogP) is 2.99. The topological polar surface area (TPSA) is 102 Å². The van der Waals surface area contributed by atoms with Crippen LogP contribution in [-0.4, -0.2) is 47.9 Å². The van der Waals surface area contributed by atoms with Gasteiger partial charge < -0.3 is 15.0 Å². The molecule has 2 amide bonds. The Bertz CT molecular complexity index is 953. The van der Waals surface area contributed by atoms with Crippen LogP contribution < -0.4 is 5.32 Å². The third-order valence-electron chi connectivity index (χ3n) is 4.31. The van der Waals surface area contributed by atoms with Crippen molar-refractivity contribution in [2.45, 2.75) is 0 Å². The lowest BCUT2D eigenvalue weighted by Gasteiger charge is -2.28. The minimum Gasteiger partial charge on any atom is -0.378 e. The number of carbonyl (C=O) groups is 2. The number of nitrogens with zero attached hydrogens (tertiary/aromatic N) is 2. The van der Waals surface area contributed by atoms with Crippen molar-refractivity contribution in [2.24, 2.45) is 0 Å². The molecule has 1 aliphatic rings. The van der Waals surface area contributed by atoms with E-state index in [0.717, 1.165) is 0 Å². The zero-order valence-electron chi connectivity index (χ0n) is 15.3. The SMILES string of the molecule is O=C(NC(=Cc1ccc([N+](=O)[O-])cc1)C(=O)N1CCOCC1)c1ccccc1Br. The van der Waals surface area contributed by atoms with E-state index in [1.165, 1.54) is 30.3 Å². The van der Waals surface area contributed by atoms with Crippen molar-refractivity contribution in [3.63, 3.8) is 0 Å². The smallest absolute Gasteiger partial charge is 0.270 e. The molecule has 3 rings (SSSR count). The maximum absolute atomic E-state index is 13.0. The Kier molecular flexibility index (Phi) is 6.73. The predicted molar refractivity (Wildman–Crippen MR) is 110 cm³/mol. The Morgan fingerprint density at radius 3 is 2.38 bits per heavy atom. The van der Waals surface area contributed by atoms with Crippen LogP contribution in [0.4, 0.5) is 5.69 Å². The van der Waals surface area contributed by atoms with Gasteiger partial charge in [0.1, 0.15) is 5.70 Å². The lowest BCUT2D eigenvalue weighted by Crippen LogP contribution is -2.44. The van der Waals surface area contributed by atoms with Crippen LogP contribution in [0.25, 0.3) is 6.08 Å². The number of carbonyl (C=O) groups excluding carboxylic acids is 2. The number of non-ortho nitro benzene ring substituents is 1. The Labute approximate surface area is 175 Å². The summed E-state index contributed by atoms with van der Waals surface area (Å²) in [5.74, 6) is -0.778. The molecule has 0 aromatic heterocycles. The Hall–Kier alpha value is -3.04. The molecule has 0 spiro atoms. The molecule has 150 valence electrons. The zero-order valence-corrected chi connectivity index (χ0v) is 16.9. The zero-order chi connectivity index (χ0) is 20.8. The highest BCUT2D eigenvalue weighted by Gasteiger charge is 2.23. The van der Waals surface area contributed by atoms with E-state index < -0.39 is 10.8 Å². The fraction of sp³-hybridized carbons (Fsp3) is 0.200. The third-order valence-corrected chi connectivity index (χ3v) is 5.00. The van der Waals surface area contributed by atoms with E-state index in [4.69, 9.17) is 4.74 Å². The summed E-state index contributed by atoms with van der Waals surface area (Å²) in [7, 11) is 0. The van der Waals surface area contributed by atoms with Gasteiger partial charge in [-0.15, -0.1) is 0 Å². The van der Waals surface area contributed by atoms with Gasteiger partial charge in [0.2, 0.25) is 0 Å². The van der Waals surface area contributed by atoms with Crippen LogP contribution >= 0.6 is 15.9 Å². The molecule has 1 N–H and O–H groups in total. The first kappa shape index (κ1) is 20.7. The van der Waals surface area contributed by atoms with E-state index in [2.05, 4.69) is 21.2 Å². The van der Waals surface area contributed by atoms with Crippen LogP contribution in [0.15, 0.2) is 58.7 Å². The summed E-state index contributed by atoms with van der Waals surface area (Å²) in [6.07, 6.45) is 1.51. The molecule has 1 heterocycles. The molecule has 9 heteroatoms. The minimum atomic E-state index is -0.498. The fourth-order valence-corrected chi connectivity index (χ4v) is 3.25. The molecule has 2 aromatic carbocycles. The first-order valence-corrected chi connectivity index (χ1v) is 9.64. The first-order valence-electron chi connectivity index (χ1n) is 8.85. The maximum atomic E-state index is 13.0. The molecule has 0 atom stereocenters. The summed E-state index contributed by atoms with van der Waals surface area (Å²) >= 11 is 3.33. The quantitative estimate of drug-likeness (QED) is 0.420. The molecule has 0 radical (unpaired) electrons. The Morgan fingerprint density at radius 2 is 1.76 bits per heavy atom. The average molecular weight is 460 g/mol. The molecule has 1 saturated heterocycles. The van der Waals surface area contributed by atoms with Crippen molar-refractivity contribution < 1.29 is 19.2 Å². The second-order valence-electron chi connectivity index (χ2n) is 6.25. The molecule has 0 bridgehead atoms. The minimum absolute atomic E-state index is 0.0551. The van der Waals surface area contributed by atoms with Gasteiger partial charge in [-0.1, -0.05) is 12.1 Å². The molecule has 1 fully saturated rings. The van der Waals surface area contributed by atoms with E-state index in [-0.39, 0.29) is 17.3 Å². The number of nitrogens with one attached hydrogen (secondary N) is 1. The second-order valence-corrected chi connectivity index (χ2v) is 7.10. The number of halogens is 1. The van der Waals surface area contributed by atoms with E-state index in [0.29, 0.717) is 41.9 Å². The number of hydrogen-bond donors (Lipinski definition) is 1. The van der Waals surface area contributed by atoms with Crippen LogP contribution in [0.1, 0.15) is 15.9 Å². The lowest BCUT2D eigenvalue weighted by atomic mass is 10.1. The highest BCUT2D eigenvalue weighted by Crippen LogP contribution is 2.18. The van der Waals surface area contributed by atoms with E-state index >= 15 is 0 Å². The number of ether oxygens (including phenoxy) is 1. The van der Waals surface area contributed by atoms with Crippen molar-refractivity contribution in [1.82, 2.24) is 10.2 Å². The van der Waals surface area contributed by atoms with Crippen LogP contribution in [0.3, 0.4) is 0 Å². The molecule has 8 nitrogen and oxygen atoms in total. The summed E-state index contributed by atoms with van der Waals surface area (Å²) in [5.41, 5.74) is 0.971. The standard InChI is InChI=1S/C20H18BrN3O5/c21-17-4-2-1-3-16(17)19(25)22-18(20(26)23-9-11-29-12-10-23)13-14-5-7-15(8-6-14)24(27)28/h1-8,13H,9-12H2,(H,22,25). The van der Waals surface area contributed by atoms with Gasteiger partial charge in [0, 0.05) is 29.7 Å². The number of hydrogen-bond acceptors (Lipinski definition) is 5.